The molecule has 0 amide bonds. The van der Waals surface area contributed by atoms with Crippen LogP contribution in [0.2, 0.25) is 0 Å². The molecule has 29 heavy (non-hydrogen) atoms. The summed E-state index contributed by atoms with van der Waals surface area (Å²) in [5, 5.41) is 10.7. The highest BCUT2D eigenvalue weighted by molar-refractivity contribution is 6.27. The number of aliphatic hydroxyl groups is 1. The second-order valence-corrected chi connectivity index (χ2v) is 7.60. The van der Waals surface area contributed by atoms with Crippen molar-refractivity contribution in [3.05, 3.63) is 34.7 Å². The lowest BCUT2D eigenvalue weighted by Gasteiger charge is -2.21. The van der Waals surface area contributed by atoms with Crippen LogP contribution < -0.4 is 0 Å². The molecule has 1 aromatic heterocycles. The Morgan fingerprint density at radius 1 is 1.17 bits per heavy atom. The highest BCUT2D eigenvalue weighted by Gasteiger charge is 2.45. The first-order valence-electron chi connectivity index (χ1n) is 9.58. The Labute approximate surface area is 164 Å². The zero-order chi connectivity index (χ0) is 20.8. The van der Waals surface area contributed by atoms with Crippen LogP contribution in [0.4, 0.5) is 13.2 Å². The molecule has 3 fully saturated rings. The summed E-state index contributed by atoms with van der Waals surface area (Å²) in [4.78, 5) is 28.8. The van der Waals surface area contributed by atoms with Gasteiger partial charge in [-0.05, 0) is 37.8 Å². The van der Waals surface area contributed by atoms with Gasteiger partial charge in [0.25, 0.3) is 0 Å². The third-order valence-corrected chi connectivity index (χ3v) is 5.72. The number of rotatable bonds is 4. The molecular weight excluding hydrogens is 391 g/mol. The number of halogens is 3. The SMILES string of the molecule is O=C1C(=C(O)c2ccc(C(F)(F)F)nc2COC2CCCO2)C(=O)C2CCC1C2. The van der Waals surface area contributed by atoms with Gasteiger partial charge in [0.05, 0.1) is 12.3 Å². The predicted octanol–water partition coefficient (Wildman–Crippen LogP) is 3.59. The van der Waals surface area contributed by atoms with E-state index in [-0.39, 0.29) is 35.3 Å². The lowest BCUT2D eigenvalue weighted by Crippen LogP contribution is -2.30. The maximum Gasteiger partial charge on any atom is 0.433 e. The second-order valence-electron chi connectivity index (χ2n) is 7.60. The monoisotopic (exact) mass is 411 g/mol. The lowest BCUT2D eigenvalue weighted by atomic mass is 9.81. The molecular formula is C20H20F3NO5. The van der Waals surface area contributed by atoms with Crippen molar-refractivity contribution < 1.29 is 37.3 Å². The van der Waals surface area contributed by atoms with E-state index >= 15 is 0 Å². The van der Waals surface area contributed by atoms with Gasteiger partial charge in [-0.3, -0.25) is 9.59 Å². The highest BCUT2D eigenvalue weighted by atomic mass is 19.4. The minimum atomic E-state index is -4.69. The molecule has 2 bridgehead atoms. The fourth-order valence-corrected chi connectivity index (χ4v) is 4.19. The number of nitrogens with zero attached hydrogens (tertiary/aromatic N) is 1. The van der Waals surface area contributed by atoms with Gasteiger partial charge in [-0.2, -0.15) is 13.2 Å². The zero-order valence-corrected chi connectivity index (χ0v) is 15.5. The van der Waals surface area contributed by atoms with Crippen molar-refractivity contribution in [3.63, 3.8) is 0 Å². The second kappa shape index (κ2) is 7.53. The van der Waals surface area contributed by atoms with Crippen molar-refractivity contribution >= 4 is 17.3 Å². The van der Waals surface area contributed by atoms with Crippen LogP contribution in [0.15, 0.2) is 17.7 Å². The molecule has 2 aliphatic carbocycles. The van der Waals surface area contributed by atoms with Crippen LogP contribution >= 0.6 is 0 Å². The quantitative estimate of drug-likeness (QED) is 0.463. The Balaban J connectivity index is 1.73. The van der Waals surface area contributed by atoms with Gasteiger partial charge < -0.3 is 14.6 Å². The van der Waals surface area contributed by atoms with Crippen LogP contribution in [-0.2, 0) is 31.8 Å². The van der Waals surface area contributed by atoms with E-state index in [1.165, 1.54) is 0 Å². The molecule has 4 rings (SSSR count). The Kier molecular flexibility index (Phi) is 5.20. The van der Waals surface area contributed by atoms with Crippen molar-refractivity contribution in [1.82, 2.24) is 4.98 Å². The standard InChI is InChI=1S/C20H20F3NO5/c21-20(22,23)14-6-5-12(13(24-14)9-29-15-2-1-7-28-15)19(27)16-17(25)10-3-4-11(8-10)18(16)26/h5-6,10-11,15,27H,1-4,7-9H2. The number of ether oxygens (including phenoxy) is 2. The fraction of sp³-hybridized carbons (Fsp3) is 0.550. The summed E-state index contributed by atoms with van der Waals surface area (Å²) in [6.07, 6.45) is -2.26. The molecule has 3 aliphatic rings. The van der Waals surface area contributed by atoms with Crippen molar-refractivity contribution in [3.8, 4) is 0 Å². The molecule has 2 heterocycles. The van der Waals surface area contributed by atoms with E-state index in [0.717, 1.165) is 12.5 Å². The average Bonchev–Trinajstić information content (AvgIpc) is 3.35. The van der Waals surface area contributed by atoms with E-state index in [2.05, 4.69) is 4.98 Å². The van der Waals surface area contributed by atoms with Crippen LogP contribution in [0.5, 0.6) is 0 Å². The van der Waals surface area contributed by atoms with Crippen molar-refractivity contribution in [1.29, 1.82) is 0 Å². The summed E-state index contributed by atoms with van der Waals surface area (Å²) in [5.41, 5.74) is -1.78. The number of aromatic nitrogens is 1. The van der Waals surface area contributed by atoms with Crippen LogP contribution in [0.1, 0.15) is 49.1 Å². The van der Waals surface area contributed by atoms with E-state index in [0.29, 0.717) is 38.4 Å². The first-order valence-corrected chi connectivity index (χ1v) is 9.58. The van der Waals surface area contributed by atoms with Crippen molar-refractivity contribution in [2.75, 3.05) is 6.61 Å². The predicted molar refractivity (Wildman–Crippen MR) is 93.4 cm³/mol. The number of fused-ring (bicyclic) bond motifs is 2. The topological polar surface area (TPSA) is 85.7 Å². The zero-order valence-electron chi connectivity index (χ0n) is 15.5. The first kappa shape index (κ1) is 20.0. The first-order chi connectivity index (χ1) is 13.8. The van der Waals surface area contributed by atoms with Gasteiger partial charge in [0.15, 0.2) is 17.9 Å². The van der Waals surface area contributed by atoms with Gasteiger partial charge in [-0.1, -0.05) is 0 Å². The molecule has 6 nitrogen and oxygen atoms in total. The summed E-state index contributed by atoms with van der Waals surface area (Å²) < 4.78 is 50.2. The van der Waals surface area contributed by atoms with Gasteiger partial charge in [0.2, 0.25) is 0 Å². The molecule has 9 heteroatoms. The number of aliphatic hydroxyl groups excluding tert-OH is 1. The number of pyridine rings is 1. The molecule has 0 radical (unpaired) electrons. The third kappa shape index (κ3) is 3.81. The summed E-state index contributed by atoms with van der Waals surface area (Å²) in [6, 6.07) is 1.75. The smallest absolute Gasteiger partial charge is 0.433 e. The largest absolute Gasteiger partial charge is 0.506 e. The number of alkyl halides is 3. The number of ketones is 2. The van der Waals surface area contributed by atoms with E-state index in [4.69, 9.17) is 9.47 Å². The van der Waals surface area contributed by atoms with E-state index < -0.39 is 35.5 Å². The van der Waals surface area contributed by atoms with Gasteiger partial charge in [0.1, 0.15) is 17.0 Å². The van der Waals surface area contributed by atoms with Crippen molar-refractivity contribution in [2.45, 2.75) is 51.2 Å². The third-order valence-electron chi connectivity index (χ3n) is 5.72. The van der Waals surface area contributed by atoms with Crippen LogP contribution in [-0.4, -0.2) is 34.6 Å². The van der Waals surface area contributed by atoms with E-state index in [9.17, 15) is 27.9 Å². The molecule has 0 aromatic carbocycles. The minimum absolute atomic E-state index is 0.103. The molecule has 1 aromatic rings. The van der Waals surface area contributed by atoms with Crippen LogP contribution in [0, 0.1) is 11.8 Å². The summed E-state index contributed by atoms with van der Waals surface area (Å²) in [7, 11) is 0. The molecule has 3 atom stereocenters. The Bertz CT molecular complexity index is 849. The Hall–Kier alpha value is -2.26. The number of carbonyl (C=O) groups is 2. The number of carbonyl (C=O) groups excluding carboxylic acids is 2. The lowest BCUT2D eigenvalue weighted by molar-refractivity contribution is -0.142. The molecule has 1 saturated heterocycles. The highest BCUT2D eigenvalue weighted by Crippen LogP contribution is 2.42. The van der Waals surface area contributed by atoms with Gasteiger partial charge in [-0.15, -0.1) is 0 Å². The minimum Gasteiger partial charge on any atom is -0.506 e. The summed E-state index contributed by atoms with van der Waals surface area (Å²) in [5.74, 6) is -2.18. The summed E-state index contributed by atoms with van der Waals surface area (Å²) >= 11 is 0. The molecule has 3 unspecified atom stereocenters. The maximum absolute atomic E-state index is 13.1. The number of allylic oxidation sites excluding steroid dienone is 1. The molecule has 1 N–H and O–H groups in total. The van der Waals surface area contributed by atoms with E-state index in [1.807, 2.05) is 0 Å². The summed E-state index contributed by atoms with van der Waals surface area (Å²) in [6.45, 7) is 0.144. The normalized spacial score (nSPS) is 27.0. The molecule has 0 spiro atoms. The number of hydrogen-bond donors (Lipinski definition) is 1. The number of hydrogen-bond acceptors (Lipinski definition) is 6. The van der Waals surface area contributed by atoms with Crippen LogP contribution in [0.25, 0.3) is 5.76 Å². The van der Waals surface area contributed by atoms with Gasteiger partial charge >= 0.3 is 6.18 Å². The Morgan fingerprint density at radius 2 is 1.86 bits per heavy atom. The molecule has 1 aliphatic heterocycles. The van der Waals surface area contributed by atoms with Crippen molar-refractivity contribution in [2.24, 2.45) is 11.8 Å². The van der Waals surface area contributed by atoms with Crippen LogP contribution in [0.3, 0.4) is 0 Å². The van der Waals surface area contributed by atoms with E-state index in [1.54, 1.807) is 0 Å². The average molecular weight is 411 g/mol. The fourth-order valence-electron chi connectivity index (χ4n) is 4.19. The van der Waals surface area contributed by atoms with Gasteiger partial charge in [-0.25, -0.2) is 4.98 Å². The maximum atomic E-state index is 13.1. The molecule has 2 saturated carbocycles. The Morgan fingerprint density at radius 3 is 2.45 bits per heavy atom. The van der Waals surface area contributed by atoms with Gasteiger partial charge in [0, 0.05) is 30.4 Å². The molecule has 156 valence electrons. The number of Topliss-reactive ketones (excluding diaryl/α,β-unsaturated/α-hetero) is 2.